The molecule has 6 heteroatoms. The van der Waals surface area contributed by atoms with Crippen LogP contribution in [0.3, 0.4) is 0 Å². The molecule has 0 aliphatic carbocycles. The summed E-state index contributed by atoms with van der Waals surface area (Å²) in [4.78, 5) is 8.86. The molecule has 1 aromatic carbocycles. The number of hydrogen-bond donors (Lipinski definition) is 1. The number of benzene rings is 1. The summed E-state index contributed by atoms with van der Waals surface area (Å²) in [6, 6.07) is 10.1. The van der Waals surface area contributed by atoms with Crippen molar-refractivity contribution in [1.82, 2.24) is 20.2 Å². The molecule has 106 valence electrons. The van der Waals surface area contributed by atoms with E-state index in [4.69, 9.17) is 0 Å². The van der Waals surface area contributed by atoms with Gasteiger partial charge in [-0.15, -0.1) is 16.4 Å². The number of aromatic amines is 1. The molecule has 0 aliphatic heterocycles. The van der Waals surface area contributed by atoms with E-state index in [1.807, 2.05) is 49.4 Å². The quantitative estimate of drug-likeness (QED) is 0.722. The Hall–Kier alpha value is -1.92. The zero-order chi connectivity index (χ0) is 14.5. The molecule has 0 spiro atoms. The third kappa shape index (κ3) is 4.03. The largest absolute Gasteiger partial charge is 0.259 e. The summed E-state index contributed by atoms with van der Waals surface area (Å²) in [6.45, 7) is 2.01. The Labute approximate surface area is 131 Å². The summed E-state index contributed by atoms with van der Waals surface area (Å²) in [5.74, 6) is 1.56. The first kappa shape index (κ1) is 14.0. The lowest BCUT2D eigenvalue weighted by Crippen LogP contribution is -1.82. The standard InChI is InChI=1S/C15H14N4S2/c1-11-16-13(9-20-11)10-21-15-17-14(18-19-15)8-7-12-5-3-2-4-6-12/h2-9H,10H2,1H3,(H,17,18,19). The van der Waals surface area contributed by atoms with E-state index in [2.05, 4.69) is 25.5 Å². The van der Waals surface area contributed by atoms with Gasteiger partial charge in [-0.05, 0) is 18.6 Å². The van der Waals surface area contributed by atoms with Gasteiger partial charge in [0.1, 0.15) is 5.82 Å². The number of H-pyrrole nitrogens is 1. The van der Waals surface area contributed by atoms with Gasteiger partial charge < -0.3 is 0 Å². The number of nitrogens with zero attached hydrogens (tertiary/aromatic N) is 3. The van der Waals surface area contributed by atoms with Crippen LogP contribution in [0, 0.1) is 6.92 Å². The van der Waals surface area contributed by atoms with Crippen LogP contribution in [0.4, 0.5) is 0 Å². The molecule has 0 amide bonds. The maximum atomic E-state index is 4.43. The van der Waals surface area contributed by atoms with Crippen molar-refractivity contribution in [2.24, 2.45) is 0 Å². The van der Waals surface area contributed by atoms with Crippen molar-refractivity contribution in [3.05, 3.63) is 57.8 Å². The van der Waals surface area contributed by atoms with Gasteiger partial charge in [-0.1, -0.05) is 48.2 Å². The minimum absolute atomic E-state index is 0.744. The van der Waals surface area contributed by atoms with E-state index in [1.54, 1.807) is 23.1 Å². The van der Waals surface area contributed by atoms with Gasteiger partial charge in [0, 0.05) is 11.1 Å². The van der Waals surface area contributed by atoms with Gasteiger partial charge in [0.2, 0.25) is 5.16 Å². The summed E-state index contributed by atoms with van der Waals surface area (Å²) in [6.07, 6.45) is 3.94. The van der Waals surface area contributed by atoms with Gasteiger partial charge in [0.15, 0.2) is 0 Å². The van der Waals surface area contributed by atoms with E-state index in [0.717, 1.165) is 33.0 Å². The first-order valence-electron chi connectivity index (χ1n) is 6.49. The summed E-state index contributed by atoms with van der Waals surface area (Å²) in [5, 5.41) is 11.0. The lowest BCUT2D eigenvalue weighted by molar-refractivity contribution is 0.971. The normalized spacial score (nSPS) is 11.3. The van der Waals surface area contributed by atoms with Crippen LogP contribution in [0.2, 0.25) is 0 Å². The lowest BCUT2D eigenvalue weighted by Gasteiger charge is -1.91. The second-order valence-corrected chi connectivity index (χ2v) is 6.40. The van der Waals surface area contributed by atoms with Crippen molar-refractivity contribution < 1.29 is 0 Å². The fraction of sp³-hybridized carbons (Fsp3) is 0.133. The number of rotatable bonds is 5. The van der Waals surface area contributed by atoms with Crippen LogP contribution >= 0.6 is 23.1 Å². The number of thioether (sulfide) groups is 1. The highest BCUT2D eigenvalue weighted by Crippen LogP contribution is 2.20. The van der Waals surface area contributed by atoms with Crippen LogP contribution in [-0.4, -0.2) is 20.2 Å². The minimum atomic E-state index is 0.744. The predicted molar refractivity (Wildman–Crippen MR) is 88.2 cm³/mol. The summed E-state index contributed by atoms with van der Waals surface area (Å²) < 4.78 is 0. The Balaban J connectivity index is 1.60. The Morgan fingerprint density at radius 1 is 1.19 bits per heavy atom. The Morgan fingerprint density at radius 2 is 2.05 bits per heavy atom. The van der Waals surface area contributed by atoms with Crippen LogP contribution in [-0.2, 0) is 5.75 Å². The van der Waals surface area contributed by atoms with Gasteiger partial charge in [0.05, 0.1) is 10.7 Å². The van der Waals surface area contributed by atoms with Gasteiger partial charge in [-0.25, -0.2) is 9.97 Å². The van der Waals surface area contributed by atoms with E-state index in [9.17, 15) is 0 Å². The highest BCUT2D eigenvalue weighted by molar-refractivity contribution is 7.98. The summed E-state index contributed by atoms with van der Waals surface area (Å²) in [5.41, 5.74) is 2.22. The number of aryl methyl sites for hydroxylation is 1. The number of nitrogens with one attached hydrogen (secondary N) is 1. The molecule has 0 bridgehead atoms. The van der Waals surface area contributed by atoms with Crippen molar-refractivity contribution in [2.75, 3.05) is 0 Å². The zero-order valence-corrected chi connectivity index (χ0v) is 13.1. The molecule has 0 aliphatic rings. The van der Waals surface area contributed by atoms with Gasteiger partial charge >= 0.3 is 0 Å². The lowest BCUT2D eigenvalue weighted by atomic mass is 10.2. The molecule has 1 N–H and O–H groups in total. The van der Waals surface area contributed by atoms with Crippen molar-refractivity contribution in [3.63, 3.8) is 0 Å². The monoisotopic (exact) mass is 314 g/mol. The van der Waals surface area contributed by atoms with Crippen molar-refractivity contribution >= 4 is 35.3 Å². The van der Waals surface area contributed by atoms with Crippen LogP contribution in [0.15, 0.2) is 40.9 Å². The molecule has 21 heavy (non-hydrogen) atoms. The maximum absolute atomic E-state index is 4.43. The van der Waals surface area contributed by atoms with Gasteiger partial charge in [-0.2, -0.15) is 0 Å². The Morgan fingerprint density at radius 3 is 2.81 bits per heavy atom. The molecular weight excluding hydrogens is 300 g/mol. The molecular formula is C15H14N4S2. The predicted octanol–water partition coefficient (Wildman–Crippen LogP) is 4.03. The molecule has 2 heterocycles. The molecule has 0 unspecified atom stereocenters. The SMILES string of the molecule is Cc1nc(CSc2n[nH]c(C=Cc3ccccc3)n2)cs1. The average molecular weight is 314 g/mol. The summed E-state index contributed by atoms with van der Waals surface area (Å²) in [7, 11) is 0. The molecule has 0 radical (unpaired) electrons. The first-order valence-corrected chi connectivity index (χ1v) is 8.35. The number of thiazole rings is 1. The van der Waals surface area contributed by atoms with Gasteiger partial charge in [-0.3, -0.25) is 5.10 Å². The van der Waals surface area contributed by atoms with Crippen molar-refractivity contribution in [1.29, 1.82) is 0 Å². The molecule has 3 rings (SSSR count). The third-order valence-corrected chi connectivity index (χ3v) is 4.43. The summed E-state index contributed by atoms with van der Waals surface area (Å²) >= 11 is 3.25. The van der Waals surface area contributed by atoms with Crippen LogP contribution in [0.25, 0.3) is 12.2 Å². The van der Waals surface area contributed by atoms with E-state index >= 15 is 0 Å². The zero-order valence-electron chi connectivity index (χ0n) is 11.5. The molecule has 2 aromatic heterocycles. The van der Waals surface area contributed by atoms with Crippen LogP contribution < -0.4 is 0 Å². The van der Waals surface area contributed by atoms with Crippen molar-refractivity contribution in [2.45, 2.75) is 17.8 Å². The first-order chi connectivity index (χ1) is 10.3. The Kier molecular flexibility index (Phi) is 4.47. The molecule has 0 atom stereocenters. The topological polar surface area (TPSA) is 54.5 Å². The van der Waals surface area contributed by atoms with Crippen LogP contribution in [0.1, 0.15) is 22.1 Å². The second-order valence-electron chi connectivity index (χ2n) is 4.39. The van der Waals surface area contributed by atoms with E-state index < -0.39 is 0 Å². The van der Waals surface area contributed by atoms with Gasteiger partial charge in [0.25, 0.3) is 0 Å². The molecule has 4 nitrogen and oxygen atoms in total. The molecule has 0 fully saturated rings. The minimum Gasteiger partial charge on any atom is -0.259 e. The Bertz CT molecular complexity index is 731. The number of aromatic nitrogens is 4. The fourth-order valence-electron chi connectivity index (χ4n) is 1.75. The highest BCUT2D eigenvalue weighted by atomic mass is 32.2. The van der Waals surface area contributed by atoms with E-state index in [-0.39, 0.29) is 0 Å². The smallest absolute Gasteiger partial charge is 0.209 e. The fourth-order valence-corrected chi connectivity index (χ4v) is 3.17. The molecule has 3 aromatic rings. The van der Waals surface area contributed by atoms with Crippen molar-refractivity contribution in [3.8, 4) is 0 Å². The molecule has 0 saturated heterocycles. The third-order valence-electron chi connectivity index (χ3n) is 2.73. The molecule has 0 saturated carbocycles. The van der Waals surface area contributed by atoms with E-state index in [1.165, 1.54) is 0 Å². The average Bonchev–Trinajstić information content (AvgIpc) is 3.13. The highest BCUT2D eigenvalue weighted by Gasteiger charge is 2.04. The van der Waals surface area contributed by atoms with E-state index in [0.29, 0.717) is 0 Å². The van der Waals surface area contributed by atoms with Crippen LogP contribution in [0.5, 0.6) is 0 Å². The second kappa shape index (κ2) is 6.69. The maximum Gasteiger partial charge on any atom is 0.209 e. The number of hydrogen-bond acceptors (Lipinski definition) is 5.